The lowest BCUT2D eigenvalue weighted by Gasteiger charge is -2.58. The highest BCUT2D eigenvalue weighted by molar-refractivity contribution is 5.82. The van der Waals surface area contributed by atoms with Crippen LogP contribution in [0.2, 0.25) is 0 Å². The number of benzene rings is 1. The molecule has 2 nitrogen and oxygen atoms in total. The fourth-order valence-electron chi connectivity index (χ4n) is 9.82. The van der Waals surface area contributed by atoms with E-state index in [1.807, 2.05) is 30.4 Å². The van der Waals surface area contributed by atoms with E-state index in [4.69, 9.17) is 4.74 Å². The molecular weight excluding hydrogens is 488 g/mol. The van der Waals surface area contributed by atoms with Crippen LogP contribution in [0.25, 0.3) is 6.08 Å². The molecule has 2 heteroatoms. The van der Waals surface area contributed by atoms with Crippen molar-refractivity contribution < 1.29 is 9.53 Å². The molecule has 0 radical (unpaired) electrons. The van der Waals surface area contributed by atoms with Crippen LogP contribution in [0.15, 0.2) is 60.2 Å². The van der Waals surface area contributed by atoms with Gasteiger partial charge in [-0.3, -0.25) is 0 Å². The van der Waals surface area contributed by atoms with Crippen molar-refractivity contribution in [3.63, 3.8) is 0 Å². The Hall–Kier alpha value is -2.09. The molecule has 3 fully saturated rings. The van der Waals surface area contributed by atoms with Gasteiger partial charge in [-0.2, -0.15) is 0 Å². The highest BCUT2D eigenvalue weighted by Gasteiger charge is 2.59. The summed E-state index contributed by atoms with van der Waals surface area (Å²) in [5, 5.41) is 0. The topological polar surface area (TPSA) is 26.3 Å². The first kappa shape index (κ1) is 29.4. The molecule has 5 rings (SSSR count). The Morgan fingerprint density at radius 3 is 2.55 bits per heavy atom. The SMILES string of the molecule is CC(C)CCC[C@@H](C)[C@@H]1CC[C@@H]2[C@H]3CC=C4C[C@@H](OC(=O)C=CC=Cc5ccccc5)CC[C@]4(C)[C@H]3CC[C@@]21C. The molecule has 0 saturated heterocycles. The van der Waals surface area contributed by atoms with Gasteiger partial charge in [-0.05, 0) is 96.8 Å². The van der Waals surface area contributed by atoms with Gasteiger partial charge in [-0.25, -0.2) is 4.79 Å². The maximum absolute atomic E-state index is 12.6. The van der Waals surface area contributed by atoms with Crippen molar-refractivity contribution in [3.05, 3.63) is 65.8 Å². The molecule has 40 heavy (non-hydrogen) atoms. The van der Waals surface area contributed by atoms with Crippen molar-refractivity contribution in [1.29, 1.82) is 0 Å². The van der Waals surface area contributed by atoms with Gasteiger partial charge < -0.3 is 4.74 Å². The van der Waals surface area contributed by atoms with Crippen LogP contribution in [0.5, 0.6) is 0 Å². The van der Waals surface area contributed by atoms with Crippen LogP contribution in [-0.4, -0.2) is 12.1 Å². The maximum Gasteiger partial charge on any atom is 0.331 e. The van der Waals surface area contributed by atoms with Crippen LogP contribution in [0.1, 0.15) is 111 Å². The predicted molar refractivity (Wildman–Crippen MR) is 168 cm³/mol. The Kier molecular flexibility index (Phi) is 9.13. The fraction of sp³-hybridized carbons (Fsp3) is 0.658. The van der Waals surface area contributed by atoms with Gasteiger partial charge in [0.2, 0.25) is 0 Å². The maximum atomic E-state index is 12.6. The third-order valence-corrected chi connectivity index (χ3v) is 12.0. The predicted octanol–water partition coefficient (Wildman–Crippen LogP) is 10.2. The van der Waals surface area contributed by atoms with Gasteiger partial charge in [-0.1, -0.05) is 114 Å². The number of allylic oxidation sites excluding steroid dienone is 3. The number of carbonyl (C=O) groups is 1. The largest absolute Gasteiger partial charge is 0.459 e. The van der Waals surface area contributed by atoms with Crippen molar-refractivity contribution in [2.45, 2.75) is 111 Å². The average molecular weight is 543 g/mol. The monoisotopic (exact) mass is 542 g/mol. The highest BCUT2D eigenvalue weighted by Crippen LogP contribution is 2.67. The zero-order valence-corrected chi connectivity index (χ0v) is 25.9. The summed E-state index contributed by atoms with van der Waals surface area (Å²) in [7, 11) is 0. The van der Waals surface area contributed by atoms with Crippen LogP contribution >= 0.6 is 0 Å². The molecule has 218 valence electrons. The molecule has 1 aromatic carbocycles. The molecule has 0 unspecified atom stereocenters. The van der Waals surface area contributed by atoms with E-state index in [0.29, 0.717) is 10.8 Å². The van der Waals surface area contributed by atoms with E-state index in [0.717, 1.165) is 60.3 Å². The number of esters is 1. The first-order chi connectivity index (χ1) is 19.2. The quantitative estimate of drug-likeness (QED) is 0.134. The summed E-state index contributed by atoms with van der Waals surface area (Å²) in [6.45, 7) is 12.5. The summed E-state index contributed by atoms with van der Waals surface area (Å²) in [5.41, 5.74) is 3.55. The third kappa shape index (κ3) is 6.07. The Morgan fingerprint density at radius 2 is 1.77 bits per heavy atom. The lowest BCUT2D eigenvalue weighted by atomic mass is 9.47. The summed E-state index contributed by atoms with van der Waals surface area (Å²) >= 11 is 0. The van der Waals surface area contributed by atoms with Crippen molar-refractivity contribution in [2.24, 2.45) is 46.3 Å². The highest BCUT2D eigenvalue weighted by atomic mass is 16.5. The molecule has 0 amide bonds. The Balaban J connectivity index is 1.18. The lowest BCUT2D eigenvalue weighted by molar-refractivity contribution is -0.145. The van der Waals surface area contributed by atoms with E-state index >= 15 is 0 Å². The second-order valence-electron chi connectivity index (χ2n) is 14.7. The number of fused-ring (bicyclic) bond motifs is 5. The molecular formula is C38H54O2. The molecule has 4 aliphatic rings. The van der Waals surface area contributed by atoms with Crippen LogP contribution in [0.4, 0.5) is 0 Å². The number of rotatable bonds is 9. The van der Waals surface area contributed by atoms with Crippen LogP contribution in [0, 0.1) is 46.3 Å². The first-order valence-corrected chi connectivity index (χ1v) is 16.5. The Bertz CT molecular complexity index is 1100. The van der Waals surface area contributed by atoms with Crippen molar-refractivity contribution >= 4 is 12.0 Å². The van der Waals surface area contributed by atoms with Crippen LogP contribution in [0.3, 0.4) is 0 Å². The number of carbonyl (C=O) groups excluding carboxylic acids is 1. The standard InChI is InChI=1S/C38H54O2/c1-27(2)12-11-13-28(3)33-20-21-34-32-19-18-30-26-31(22-24-37(30,4)35(32)23-25-38(33,34)5)40-36(39)17-10-9-16-29-14-7-6-8-15-29/h6-10,14-18,27-28,31-35H,11-13,19-26H2,1-5H3/t28-,31+,32-,33+,34-,35+,37+,38-/m1/s1. The second-order valence-corrected chi connectivity index (χ2v) is 14.7. The minimum Gasteiger partial charge on any atom is -0.459 e. The molecule has 3 saturated carbocycles. The van der Waals surface area contributed by atoms with Gasteiger partial charge in [0.05, 0.1) is 0 Å². The molecule has 0 heterocycles. The lowest BCUT2D eigenvalue weighted by Crippen LogP contribution is -2.51. The summed E-state index contributed by atoms with van der Waals surface area (Å²) in [6, 6.07) is 10.1. The first-order valence-electron chi connectivity index (χ1n) is 16.5. The van der Waals surface area contributed by atoms with E-state index in [-0.39, 0.29) is 12.1 Å². The Labute approximate surface area is 244 Å². The molecule has 8 atom stereocenters. The van der Waals surface area contributed by atoms with Crippen LogP contribution < -0.4 is 0 Å². The fourth-order valence-corrected chi connectivity index (χ4v) is 9.82. The number of hydrogen-bond donors (Lipinski definition) is 0. The summed E-state index contributed by atoms with van der Waals surface area (Å²) in [4.78, 5) is 12.6. The summed E-state index contributed by atoms with van der Waals surface area (Å²) in [5.74, 6) is 4.93. The van der Waals surface area contributed by atoms with Gasteiger partial charge in [0.15, 0.2) is 0 Å². The van der Waals surface area contributed by atoms with E-state index in [2.05, 4.69) is 52.8 Å². The molecule has 0 N–H and O–H groups in total. The van der Waals surface area contributed by atoms with Gasteiger partial charge in [-0.15, -0.1) is 0 Å². The summed E-state index contributed by atoms with van der Waals surface area (Å²) in [6.07, 6.45) is 24.1. The Morgan fingerprint density at radius 1 is 0.975 bits per heavy atom. The minimum absolute atomic E-state index is 0.0162. The van der Waals surface area contributed by atoms with Gasteiger partial charge >= 0.3 is 5.97 Å². The van der Waals surface area contributed by atoms with E-state index in [9.17, 15) is 4.79 Å². The third-order valence-electron chi connectivity index (χ3n) is 12.0. The average Bonchev–Trinajstić information content (AvgIpc) is 3.29. The zero-order valence-electron chi connectivity index (χ0n) is 25.9. The molecule has 0 bridgehead atoms. The summed E-state index contributed by atoms with van der Waals surface area (Å²) < 4.78 is 5.95. The normalized spacial score (nSPS) is 36.2. The molecule has 0 spiro atoms. The second kappa shape index (κ2) is 12.4. The molecule has 1 aromatic rings. The number of hydrogen-bond acceptors (Lipinski definition) is 2. The van der Waals surface area contributed by atoms with Crippen molar-refractivity contribution in [3.8, 4) is 0 Å². The smallest absolute Gasteiger partial charge is 0.331 e. The van der Waals surface area contributed by atoms with Gasteiger partial charge in [0.1, 0.15) is 6.10 Å². The van der Waals surface area contributed by atoms with E-state index in [1.165, 1.54) is 51.4 Å². The van der Waals surface area contributed by atoms with E-state index in [1.54, 1.807) is 17.7 Å². The zero-order chi connectivity index (χ0) is 28.3. The molecule has 4 aliphatic carbocycles. The molecule has 0 aromatic heterocycles. The van der Waals surface area contributed by atoms with Crippen LogP contribution in [-0.2, 0) is 9.53 Å². The van der Waals surface area contributed by atoms with Crippen molar-refractivity contribution in [2.75, 3.05) is 0 Å². The molecule has 0 aliphatic heterocycles. The minimum atomic E-state index is -0.214. The van der Waals surface area contributed by atoms with Gasteiger partial charge in [0, 0.05) is 12.5 Å². The van der Waals surface area contributed by atoms with Crippen molar-refractivity contribution in [1.82, 2.24) is 0 Å². The van der Waals surface area contributed by atoms with E-state index < -0.39 is 0 Å². The number of ether oxygens (including phenoxy) is 1. The van der Waals surface area contributed by atoms with Gasteiger partial charge in [0.25, 0.3) is 0 Å².